The lowest BCUT2D eigenvalue weighted by molar-refractivity contribution is -0.0498. The second-order valence-electron chi connectivity index (χ2n) is 6.31. The second kappa shape index (κ2) is 8.91. The highest BCUT2D eigenvalue weighted by molar-refractivity contribution is 5.94. The fourth-order valence-corrected chi connectivity index (χ4v) is 3.24. The van der Waals surface area contributed by atoms with Gasteiger partial charge >= 0.3 is 6.61 Å². The predicted octanol–water partition coefficient (Wildman–Crippen LogP) is 4.28. The van der Waals surface area contributed by atoms with Crippen LogP contribution in [0.3, 0.4) is 0 Å². The lowest BCUT2D eigenvalue weighted by Gasteiger charge is -2.30. The van der Waals surface area contributed by atoms with Gasteiger partial charge in [0.25, 0.3) is 5.91 Å². The van der Waals surface area contributed by atoms with Crippen LogP contribution in [0.15, 0.2) is 36.4 Å². The minimum atomic E-state index is -2.89. The Morgan fingerprint density at radius 1 is 1.04 bits per heavy atom. The molecule has 2 aromatic rings. The van der Waals surface area contributed by atoms with E-state index in [1.807, 2.05) is 26.0 Å². The van der Waals surface area contributed by atoms with Gasteiger partial charge in [-0.25, -0.2) is 0 Å². The molecule has 0 N–H and O–H groups in total. The number of carbonyl (C=O) groups is 1. The maximum atomic E-state index is 12.8. The quantitative estimate of drug-likeness (QED) is 0.707. The number of amides is 1. The fourth-order valence-electron chi connectivity index (χ4n) is 3.24. The normalized spacial score (nSPS) is 13.2. The summed E-state index contributed by atoms with van der Waals surface area (Å²) < 4.78 is 40.2. The first-order valence-electron chi connectivity index (χ1n) is 9.27. The molecule has 0 spiro atoms. The third-order valence-corrected chi connectivity index (χ3v) is 4.49. The molecule has 0 radical (unpaired) electrons. The van der Waals surface area contributed by atoms with Crippen LogP contribution in [0.25, 0.3) is 0 Å². The highest BCUT2D eigenvalue weighted by Gasteiger charge is 2.24. The van der Waals surface area contributed by atoms with Gasteiger partial charge in [-0.05, 0) is 67.8 Å². The van der Waals surface area contributed by atoms with Crippen molar-refractivity contribution in [3.8, 4) is 17.2 Å². The first-order chi connectivity index (χ1) is 13.5. The van der Waals surface area contributed by atoms with E-state index in [9.17, 15) is 13.6 Å². The van der Waals surface area contributed by atoms with Crippen molar-refractivity contribution in [2.45, 2.75) is 33.4 Å². The largest absolute Gasteiger partial charge is 0.490 e. The van der Waals surface area contributed by atoms with Gasteiger partial charge in [-0.2, -0.15) is 8.78 Å². The molecular weight excluding hydrogens is 368 g/mol. The monoisotopic (exact) mass is 391 g/mol. The minimum absolute atomic E-state index is 0.0281. The van der Waals surface area contributed by atoms with Gasteiger partial charge in [-0.15, -0.1) is 0 Å². The molecule has 0 unspecified atom stereocenters. The zero-order valence-corrected chi connectivity index (χ0v) is 15.9. The van der Waals surface area contributed by atoms with Crippen molar-refractivity contribution in [3.05, 3.63) is 53.1 Å². The van der Waals surface area contributed by atoms with E-state index in [2.05, 4.69) is 4.74 Å². The second-order valence-corrected chi connectivity index (χ2v) is 6.31. The van der Waals surface area contributed by atoms with Crippen LogP contribution in [-0.4, -0.2) is 37.2 Å². The zero-order chi connectivity index (χ0) is 20.1. The number of benzene rings is 2. The van der Waals surface area contributed by atoms with E-state index >= 15 is 0 Å². The number of fused-ring (bicyclic) bond motifs is 1. The number of halogens is 2. The van der Waals surface area contributed by atoms with Crippen LogP contribution < -0.4 is 14.2 Å². The smallest absolute Gasteiger partial charge is 0.387 e. The van der Waals surface area contributed by atoms with Crippen molar-refractivity contribution in [2.24, 2.45) is 0 Å². The lowest BCUT2D eigenvalue weighted by atomic mass is 9.98. The summed E-state index contributed by atoms with van der Waals surface area (Å²) in [6, 6.07) is 9.67. The predicted molar refractivity (Wildman–Crippen MR) is 100 cm³/mol. The van der Waals surface area contributed by atoms with Crippen molar-refractivity contribution in [1.29, 1.82) is 0 Å². The van der Waals surface area contributed by atoms with Crippen LogP contribution in [0.1, 0.15) is 35.3 Å². The van der Waals surface area contributed by atoms with Crippen LogP contribution in [0.4, 0.5) is 8.78 Å². The van der Waals surface area contributed by atoms with Crippen molar-refractivity contribution >= 4 is 5.91 Å². The average molecular weight is 391 g/mol. The summed E-state index contributed by atoms with van der Waals surface area (Å²) in [5, 5.41) is 0. The summed E-state index contributed by atoms with van der Waals surface area (Å²) in [6.45, 7) is 3.04. The van der Waals surface area contributed by atoms with Crippen LogP contribution in [0.2, 0.25) is 0 Å². The van der Waals surface area contributed by atoms with Gasteiger partial charge in [0.05, 0.1) is 13.2 Å². The van der Waals surface area contributed by atoms with E-state index in [0.29, 0.717) is 44.0 Å². The third kappa shape index (κ3) is 4.52. The highest BCUT2D eigenvalue weighted by Crippen LogP contribution is 2.34. The molecule has 1 aliphatic rings. The molecule has 150 valence electrons. The molecule has 0 bridgehead atoms. The molecule has 3 rings (SSSR count). The Morgan fingerprint density at radius 2 is 1.64 bits per heavy atom. The maximum Gasteiger partial charge on any atom is 0.387 e. The van der Waals surface area contributed by atoms with E-state index in [1.165, 1.54) is 24.3 Å². The number of rotatable bonds is 7. The lowest BCUT2D eigenvalue weighted by Crippen LogP contribution is -2.36. The van der Waals surface area contributed by atoms with Crippen molar-refractivity contribution < 1.29 is 27.8 Å². The van der Waals surface area contributed by atoms with Crippen LogP contribution in [0.5, 0.6) is 17.2 Å². The Bertz CT molecular complexity index is 824. The first-order valence-corrected chi connectivity index (χ1v) is 9.27. The van der Waals surface area contributed by atoms with E-state index in [1.54, 1.807) is 4.90 Å². The molecule has 28 heavy (non-hydrogen) atoms. The fraction of sp³-hybridized carbons (Fsp3) is 0.381. The Balaban J connectivity index is 1.76. The minimum Gasteiger partial charge on any atom is -0.490 e. The van der Waals surface area contributed by atoms with E-state index in [-0.39, 0.29) is 11.7 Å². The molecule has 0 saturated carbocycles. The van der Waals surface area contributed by atoms with Crippen molar-refractivity contribution in [1.82, 2.24) is 4.90 Å². The molecule has 0 atom stereocenters. The van der Waals surface area contributed by atoms with Gasteiger partial charge < -0.3 is 19.1 Å². The number of alkyl halides is 2. The summed E-state index contributed by atoms with van der Waals surface area (Å²) in [5.41, 5.74) is 2.59. The van der Waals surface area contributed by atoms with Gasteiger partial charge in [0.1, 0.15) is 5.75 Å². The molecule has 5 nitrogen and oxygen atoms in total. The number of carbonyl (C=O) groups excluding carboxylic acids is 1. The van der Waals surface area contributed by atoms with E-state index in [0.717, 1.165) is 16.9 Å². The standard InChI is InChI=1S/C21H23F2NO4/c1-3-26-18-11-15-9-10-24(13-16(15)12-19(18)27-4-2)20(25)14-5-7-17(8-6-14)28-21(22)23/h5-8,11-12,21H,3-4,9-10,13H2,1-2H3. The molecule has 1 aliphatic heterocycles. The van der Waals surface area contributed by atoms with Crippen LogP contribution in [-0.2, 0) is 13.0 Å². The molecule has 0 saturated heterocycles. The molecule has 1 heterocycles. The number of hydrogen-bond acceptors (Lipinski definition) is 4. The summed E-state index contributed by atoms with van der Waals surface area (Å²) in [4.78, 5) is 14.5. The first kappa shape index (κ1) is 19.9. The van der Waals surface area contributed by atoms with Crippen molar-refractivity contribution in [3.63, 3.8) is 0 Å². The molecule has 1 amide bonds. The molecule has 0 aliphatic carbocycles. The van der Waals surface area contributed by atoms with Crippen LogP contribution in [0, 0.1) is 0 Å². The summed E-state index contributed by atoms with van der Waals surface area (Å²) >= 11 is 0. The van der Waals surface area contributed by atoms with Gasteiger partial charge in [0, 0.05) is 18.7 Å². The van der Waals surface area contributed by atoms with Crippen LogP contribution >= 0.6 is 0 Å². The third-order valence-electron chi connectivity index (χ3n) is 4.49. The zero-order valence-electron chi connectivity index (χ0n) is 15.9. The Kier molecular flexibility index (Phi) is 6.34. The van der Waals surface area contributed by atoms with Gasteiger partial charge in [-0.1, -0.05) is 0 Å². The van der Waals surface area contributed by atoms with E-state index in [4.69, 9.17) is 9.47 Å². The van der Waals surface area contributed by atoms with E-state index < -0.39 is 6.61 Å². The molecule has 0 fully saturated rings. The molecular formula is C21H23F2NO4. The highest BCUT2D eigenvalue weighted by atomic mass is 19.3. The topological polar surface area (TPSA) is 48.0 Å². The molecule has 2 aromatic carbocycles. The Hall–Kier alpha value is -2.83. The molecule has 0 aromatic heterocycles. The number of nitrogens with zero attached hydrogens (tertiary/aromatic N) is 1. The maximum absolute atomic E-state index is 12.8. The Morgan fingerprint density at radius 3 is 2.21 bits per heavy atom. The van der Waals surface area contributed by atoms with Gasteiger partial charge in [-0.3, -0.25) is 4.79 Å². The number of hydrogen-bond donors (Lipinski definition) is 0. The van der Waals surface area contributed by atoms with Gasteiger partial charge in [0.15, 0.2) is 11.5 Å². The van der Waals surface area contributed by atoms with Crippen molar-refractivity contribution in [2.75, 3.05) is 19.8 Å². The summed E-state index contributed by atoms with van der Waals surface area (Å²) in [7, 11) is 0. The average Bonchev–Trinajstić information content (AvgIpc) is 2.68. The summed E-state index contributed by atoms with van der Waals surface area (Å²) in [6.07, 6.45) is 0.708. The number of ether oxygens (including phenoxy) is 3. The molecule has 7 heteroatoms. The SMILES string of the molecule is CCOc1cc2c(cc1OCC)CN(C(=O)c1ccc(OC(F)F)cc1)CC2. The Labute approximate surface area is 162 Å². The van der Waals surface area contributed by atoms with Gasteiger partial charge in [0.2, 0.25) is 0 Å². The summed E-state index contributed by atoms with van der Waals surface area (Å²) in [5.74, 6) is 1.27.